The molecule has 28 heavy (non-hydrogen) atoms. The molecule has 0 saturated heterocycles. The topological polar surface area (TPSA) is 101 Å². The van der Waals surface area contributed by atoms with Crippen molar-refractivity contribution in [2.75, 3.05) is 37.6 Å². The van der Waals surface area contributed by atoms with Crippen molar-refractivity contribution in [3.8, 4) is 11.5 Å². The van der Waals surface area contributed by atoms with Gasteiger partial charge in [0.15, 0.2) is 17.3 Å². The number of fused-ring (bicyclic) bond motifs is 1. The maximum Gasteiger partial charge on any atom is 0.231 e. The largest absolute Gasteiger partial charge is 0.453 e. The average Bonchev–Trinajstić information content (AvgIpc) is 3.01. The van der Waals surface area contributed by atoms with E-state index >= 15 is 4.39 Å². The van der Waals surface area contributed by atoms with Gasteiger partial charge in [0.05, 0.1) is 17.4 Å². The van der Waals surface area contributed by atoms with Crippen LogP contribution in [0, 0.1) is 12.7 Å². The second kappa shape index (κ2) is 7.61. The van der Waals surface area contributed by atoms with Gasteiger partial charge in [-0.15, -0.1) is 0 Å². The Morgan fingerprint density at radius 1 is 1.29 bits per heavy atom. The fourth-order valence-corrected chi connectivity index (χ4v) is 3.33. The van der Waals surface area contributed by atoms with Crippen LogP contribution in [-0.2, 0) is 0 Å². The maximum absolute atomic E-state index is 15.5. The van der Waals surface area contributed by atoms with E-state index in [1.165, 1.54) is 6.07 Å². The number of rotatable bonds is 4. The molecule has 1 aromatic carbocycles. The number of nitrogens with one attached hydrogen (secondary N) is 3. The molecule has 2 aromatic rings. The van der Waals surface area contributed by atoms with Crippen LogP contribution < -0.4 is 25.4 Å². The van der Waals surface area contributed by atoms with Crippen molar-refractivity contribution >= 4 is 23.0 Å². The van der Waals surface area contributed by atoms with Crippen LogP contribution in [0.1, 0.15) is 17.7 Å². The highest BCUT2D eigenvalue weighted by atomic mass is 19.1. The maximum atomic E-state index is 15.5. The Labute approximate surface area is 161 Å². The Bertz CT molecular complexity index is 934. The Kier molecular flexibility index (Phi) is 5.01. The third-order valence-corrected chi connectivity index (χ3v) is 4.61. The molecular weight excluding hydrogens is 365 g/mol. The third kappa shape index (κ3) is 3.58. The van der Waals surface area contributed by atoms with Crippen molar-refractivity contribution in [2.24, 2.45) is 0 Å². The summed E-state index contributed by atoms with van der Waals surface area (Å²) in [5, 5.41) is 19.1. The van der Waals surface area contributed by atoms with Gasteiger partial charge in [0, 0.05) is 44.4 Å². The molecule has 1 atom stereocenters. The van der Waals surface area contributed by atoms with E-state index in [9.17, 15) is 5.11 Å². The number of β-amino-alcohol motifs (C(OH)–C–C–N with tert-alkyl or cyclic N) is 1. The summed E-state index contributed by atoms with van der Waals surface area (Å²) in [4.78, 5) is 8.63. The third-order valence-electron chi connectivity index (χ3n) is 4.61. The number of aryl methyl sites for hydroxylation is 1. The molecule has 9 heteroatoms. The normalized spacial score (nSPS) is 18.4. The van der Waals surface area contributed by atoms with Gasteiger partial charge in [-0.2, -0.15) is 4.98 Å². The Hall–Kier alpha value is -2.91. The molecule has 4 rings (SSSR count). The lowest BCUT2D eigenvalue weighted by atomic mass is 9.97. The summed E-state index contributed by atoms with van der Waals surface area (Å²) in [5.41, 5.74) is 1.88. The van der Waals surface area contributed by atoms with E-state index < -0.39 is 11.9 Å². The number of anilines is 3. The highest BCUT2D eigenvalue weighted by Crippen LogP contribution is 2.45. The van der Waals surface area contributed by atoms with Gasteiger partial charge in [-0.1, -0.05) is 6.08 Å². The summed E-state index contributed by atoms with van der Waals surface area (Å²) < 4.78 is 26.6. The predicted octanol–water partition coefficient (Wildman–Crippen LogP) is 2.18. The van der Waals surface area contributed by atoms with Gasteiger partial charge >= 0.3 is 0 Å². The first kappa shape index (κ1) is 18.5. The van der Waals surface area contributed by atoms with E-state index in [1.54, 1.807) is 13.1 Å². The standard InChI is InChI=1S/C19H22FN5O3/c1-10-5-15(21-2)25-19(23-10)24-13-7-14-18(28-9-27-14)16(17(13)20)11-3-4-22-8-12(26)6-11/h3,5,7,12,22,26H,4,6,8-9H2,1-2H3,(H2,21,23,24,25)/t12-/m0/s1. The van der Waals surface area contributed by atoms with Crippen molar-refractivity contribution in [1.82, 2.24) is 15.3 Å². The first-order valence-electron chi connectivity index (χ1n) is 9.06. The second-order valence-corrected chi connectivity index (χ2v) is 6.69. The number of aromatic nitrogens is 2. The number of aliphatic hydroxyl groups excluding tert-OH is 1. The van der Waals surface area contributed by atoms with Crippen LogP contribution in [0.5, 0.6) is 11.5 Å². The van der Waals surface area contributed by atoms with Crippen LogP contribution in [0.4, 0.5) is 21.8 Å². The molecule has 1 aromatic heterocycles. The molecule has 8 nitrogen and oxygen atoms in total. The Morgan fingerprint density at radius 2 is 2.14 bits per heavy atom. The van der Waals surface area contributed by atoms with E-state index in [1.807, 2.05) is 13.0 Å². The van der Waals surface area contributed by atoms with Crippen molar-refractivity contribution in [2.45, 2.75) is 19.4 Å². The number of hydrogen-bond donors (Lipinski definition) is 4. The average molecular weight is 387 g/mol. The predicted molar refractivity (Wildman–Crippen MR) is 104 cm³/mol. The van der Waals surface area contributed by atoms with Crippen LogP contribution in [0.25, 0.3) is 5.57 Å². The molecular formula is C19H22FN5O3. The minimum absolute atomic E-state index is 0.0180. The number of ether oxygens (including phenoxy) is 2. The highest BCUT2D eigenvalue weighted by molar-refractivity contribution is 5.79. The number of halogens is 1. The summed E-state index contributed by atoms with van der Waals surface area (Å²) in [6, 6.07) is 3.33. The van der Waals surface area contributed by atoms with Gasteiger partial charge in [0.1, 0.15) is 5.82 Å². The lowest BCUT2D eigenvalue weighted by Gasteiger charge is -2.16. The van der Waals surface area contributed by atoms with E-state index in [4.69, 9.17) is 9.47 Å². The van der Waals surface area contributed by atoms with Crippen molar-refractivity contribution in [3.05, 3.63) is 35.3 Å². The molecule has 2 aliphatic heterocycles. The molecule has 148 valence electrons. The summed E-state index contributed by atoms with van der Waals surface area (Å²) in [6.07, 6.45) is 1.57. The lowest BCUT2D eigenvalue weighted by molar-refractivity contribution is 0.173. The van der Waals surface area contributed by atoms with Crippen LogP contribution in [0.3, 0.4) is 0 Å². The number of benzene rings is 1. The molecule has 0 fully saturated rings. The molecule has 0 radical (unpaired) electrons. The number of aliphatic hydroxyl groups is 1. The van der Waals surface area contributed by atoms with Crippen molar-refractivity contribution < 1.29 is 19.0 Å². The van der Waals surface area contributed by atoms with Crippen molar-refractivity contribution in [3.63, 3.8) is 0 Å². The minimum atomic E-state index is -0.610. The quantitative estimate of drug-likeness (QED) is 0.633. The van der Waals surface area contributed by atoms with E-state index in [2.05, 4.69) is 25.9 Å². The SMILES string of the molecule is CNc1cc(C)nc(Nc2cc3c(c(C4=CCNC[C@@H](O)C4)c2F)OCO3)n1. The summed E-state index contributed by atoms with van der Waals surface area (Å²) >= 11 is 0. The zero-order valence-corrected chi connectivity index (χ0v) is 15.7. The van der Waals surface area contributed by atoms with Crippen LogP contribution >= 0.6 is 0 Å². The highest BCUT2D eigenvalue weighted by Gasteiger charge is 2.28. The van der Waals surface area contributed by atoms with Gasteiger partial charge in [-0.25, -0.2) is 9.37 Å². The first-order valence-corrected chi connectivity index (χ1v) is 9.06. The lowest BCUT2D eigenvalue weighted by Crippen LogP contribution is -2.24. The van der Waals surface area contributed by atoms with Gasteiger partial charge in [-0.05, 0) is 12.5 Å². The monoisotopic (exact) mass is 387 g/mol. The van der Waals surface area contributed by atoms with E-state index in [-0.39, 0.29) is 18.4 Å². The molecule has 0 amide bonds. The molecule has 4 N–H and O–H groups in total. The van der Waals surface area contributed by atoms with E-state index in [0.29, 0.717) is 48.0 Å². The zero-order valence-electron chi connectivity index (χ0n) is 15.7. The minimum Gasteiger partial charge on any atom is -0.453 e. The summed E-state index contributed by atoms with van der Waals surface area (Å²) in [5.74, 6) is 1.18. The molecule has 0 spiro atoms. The second-order valence-electron chi connectivity index (χ2n) is 6.69. The number of nitrogens with zero attached hydrogens (tertiary/aromatic N) is 2. The first-order chi connectivity index (χ1) is 13.5. The molecule has 0 saturated carbocycles. The summed E-state index contributed by atoms with van der Waals surface area (Å²) in [6.45, 7) is 2.83. The fraction of sp³-hybridized carbons (Fsp3) is 0.368. The van der Waals surface area contributed by atoms with Gasteiger partial charge in [0.25, 0.3) is 0 Å². The molecule has 3 heterocycles. The van der Waals surface area contributed by atoms with Gasteiger partial charge < -0.3 is 30.5 Å². The zero-order chi connectivity index (χ0) is 19.7. The smallest absolute Gasteiger partial charge is 0.231 e. The molecule has 2 aliphatic rings. The van der Waals surface area contributed by atoms with Crippen LogP contribution in [-0.4, -0.2) is 48.1 Å². The fourth-order valence-electron chi connectivity index (χ4n) is 3.33. The number of hydrogen-bond acceptors (Lipinski definition) is 8. The molecule has 0 aliphatic carbocycles. The molecule has 0 unspecified atom stereocenters. The van der Waals surface area contributed by atoms with Gasteiger partial charge in [-0.3, -0.25) is 0 Å². The molecule has 0 bridgehead atoms. The Balaban J connectivity index is 1.77. The van der Waals surface area contributed by atoms with E-state index in [0.717, 1.165) is 5.69 Å². The Morgan fingerprint density at radius 3 is 2.96 bits per heavy atom. The van der Waals surface area contributed by atoms with Gasteiger partial charge in [0.2, 0.25) is 12.7 Å². The van der Waals surface area contributed by atoms with Crippen LogP contribution in [0.15, 0.2) is 18.2 Å². The summed E-state index contributed by atoms with van der Waals surface area (Å²) in [7, 11) is 1.75. The van der Waals surface area contributed by atoms with Crippen molar-refractivity contribution in [1.29, 1.82) is 0 Å². The van der Waals surface area contributed by atoms with Crippen LogP contribution in [0.2, 0.25) is 0 Å².